The lowest BCUT2D eigenvalue weighted by atomic mass is 10.2. The molecule has 2 aromatic heterocycles. The maximum absolute atomic E-state index is 11.2. The molecule has 0 spiro atoms. The van der Waals surface area contributed by atoms with Gasteiger partial charge in [-0.2, -0.15) is 5.10 Å². The Bertz CT molecular complexity index is 1140. The maximum Gasteiger partial charge on any atom is 0.221 e. The third kappa shape index (κ3) is 4.66. The third-order valence-electron chi connectivity index (χ3n) is 4.15. The van der Waals surface area contributed by atoms with Crippen LogP contribution in [-0.4, -0.2) is 26.1 Å². The van der Waals surface area contributed by atoms with Crippen LogP contribution < -0.4 is 9.62 Å². The van der Waals surface area contributed by atoms with E-state index >= 15 is 0 Å². The topological polar surface area (TPSA) is 86.8 Å². The highest BCUT2D eigenvalue weighted by Gasteiger charge is 2.17. The van der Waals surface area contributed by atoms with Gasteiger partial charge in [-0.25, -0.2) is 14.3 Å². The molecule has 0 saturated carbocycles. The zero-order valence-corrected chi connectivity index (χ0v) is 17.4. The van der Waals surface area contributed by atoms with Crippen LogP contribution >= 0.6 is 11.9 Å². The smallest absolute Gasteiger partial charge is 0.221 e. The number of carbonyl (C=O) groups is 1. The number of nitrogens with one attached hydrogen (secondary N) is 2. The van der Waals surface area contributed by atoms with Gasteiger partial charge in [0.2, 0.25) is 5.91 Å². The lowest BCUT2D eigenvalue weighted by Gasteiger charge is -2.20. The third-order valence-corrected chi connectivity index (χ3v) is 5.19. The molecule has 2 aromatic carbocycles. The van der Waals surface area contributed by atoms with Crippen molar-refractivity contribution >= 4 is 35.2 Å². The van der Waals surface area contributed by atoms with Crippen LogP contribution in [0.5, 0.6) is 0 Å². The van der Waals surface area contributed by atoms with Gasteiger partial charge in [-0.05, 0) is 43.1 Å². The number of H-pyrrole nitrogens is 1. The van der Waals surface area contributed by atoms with Crippen LogP contribution in [0.3, 0.4) is 0 Å². The summed E-state index contributed by atoms with van der Waals surface area (Å²) in [6.07, 6.45) is 1.75. The molecule has 0 unspecified atom stereocenters. The van der Waals surface area contributed by atoms with Crippen LogP contribution in [-0.2, 0) is 4.79 Å². The Morgan fingerprint density at radius 2 is 1.80 bits per heavy atom. The molecule has 2 N–H and O–H groups in total. The number of rotatable bonds is 6. The number of aromatic nitrogens is 4. The second kappa shape index (κ2) is 8.79. The Labute approximate surface area is 178 Å². The van der Waals surface area contributed by atoms with Gasteiger partial charge in [-0.15, -0.1) is 0 Å². The van der Waals surface area contributed by atoms with Crippen LogP contribution in [0.15, 0.2) is 77.8 Å². The van der Waals surface area contributed by atoms with Gasteiger partial charge in [0.1, 0.15) is 5.82 Å². The van der Waals surface area contributed by atoms with E-state index in [2.05, 4.69) is 20.5 Å². The molecule has 0 aliphatic carbocycles. The molecule has 150 valence electrons. The lowest BCUT2D eigenvalue weighted by Crippen LogP contribution is -2.10. The zero-order valence-electron chi connectivity index (χ0n) is 16.5. The molecule has 2 heterocycles. The van der Waals surface area contributed by atoms with E-state index < -0.39 is 0 Å². The molecule has 4 rings (SSSR count). The molecule has 1 amide bonds. The van der Waals surface area contributed by atoms with Crippen LogP contribution in [0.1, 0.15) is 12.6 Å². The minimum absolute atomic E-state index is 0.0987. The molecule has 0 bridgehead atoms. The second-order valence-corrected chi connectivity index (χ2v) is 7.62. The monoisotopic (exact) mass is 416 g/mol. The number of amides is 1. The molecule has 0 saturated heterocycles. The van der Waals surface area contributed by atoms with Crippen LogP contribution in [0.25, 0.3) is 11.4 Å². The lowest BCUT2D eigenvalue weighted by molar-refractivity contribution is -0.114. The summed E-state index contributed by atoms with van der Waals surface area (Å²) >= 11 is 1.49. The van der Waals surface area contributed by atoms with Gasteiger partial charge in [0.15, 0.2) is 11.6 Å². The van der Waals surface area contributed by atoms with Crippen molar-refractivity contribution in [2.75, 3.05) is 9.62 Å². The fourth-order valence-electron chi connectivity index (χ4n) is 2.81. The fourth-order valence-corrected chi connectivity index (χ4v) is 3.67. The SMILES string of the molecule is CC(=O)Nc1ccc(SN(c2cc(C)[nH]n2)c2ccnc(-c3ccccc3)n2)cc1. The standard InChI is InChI=1S/C22H20N6OS/c1-15-14-21(27-26-15)28(30-19-10-8-18(9-11-19)24-16(2)29)20-12-13-23-22(25-20)17-6-4-3-5-7-17/h3-14H,1-2H3,(H,24,29)(H,26,27). The Morgan fingerprint density at radius 3 is 2.47 bits per heavy atom. The average Bonchev–Trinajstić information content (AvgIpc) is 3.19. The van der Waals surface area contributed by atoms with E-state index in [1.807, 2.05) is 78.0 Å². The molecular formula is C22H20N6OS. The van der Waals surface area contributed by atoms with Crippen molar-refractivity contribution in [1.29, 1.82) is 0 Å². The van der Waals surface area contributed by atoms with Crippen molar-refractivity contribution in [3.8, 4) is 11.4 Å². The van der Waals surface area contributed by atoms with E-state index in [1.54, 1.807) is 6.20 Å². The summed E-state index contributed by atoms with van der Waals surface area (Å²) in [6.45, 7) is 3.45. The Hall–Kier alpha value is -3.65. The van der Waals surface area contributed by atoms with E-state index in [0.717, 1.165) is 27.7 Å². The quantitative estimate of drug-likeness (QED) is 0.431. The van der Waals surface area contributed by atoms with Gasteiger partial charge in [0.05, 0.1) is 0 Å². The van der Waals surface area contributed by atoms with Gasteiger partial charge in [-0.1, -0.05) is 30.3 Å². The number of benzene rings is 2. The largest absolute Gasteiger partial charge is 0.326 e. The summed E-state index contributed by atoms with van der Waals surface area (Å²) in [4.78, 5) is 21.4. The van der Waals surface area contributed by atoms with E-state index in [-0.39, 0.29) is 5.91 Å². The number of carbonyl (C=O) groups excluding carboxylic acids is 1. The summed E-state index contributed by atoms with van der Waals surface area (Å²) in [5.74, 6) is 2.00. The van der Waals surface area contributed by atoms with E-state index in [4.69, 9.17) is 4.98 Å². The first kappa shape index (κ1) is 19.7. The molecule has 7 nitrogen and oxygen atoms in total. The highest BCUT2D eigenvalue weighted by molar-refractivity contribution is 8.01. The number of aryl methyl sites for hydroxylation is 1. The average molecular weight is 417 g/mol. The summed E-state index contributed by atoms with van der Waals surface area (Å²) in [6, 6.07) is 21.3. The molecule has 0 atom stereocenters. The number of hydrogen-bond acceptors (Lipinski definition) is 6. The predicted octanol–water partition coefficient (Wildman–Crippen LogP) is 4.98. The molecule has 0 aliphatic rings. The fraction of sp³-hybridized carbons (Fsp3) is 0.0909. The first-order valence-corrected chi connectivity index (χ1v) is 10.1. The second-order valence-electron chi connectivity index (χ2n) is 6.60. The highest BCUT2D eigenvalue weighted by Crippen LogP contribution is 2.35. The van der Waals surface area contributed by atoms with Crippen molar-refractivity contribution in [2.45, 2.75) is 18.7 Å². The summed E-state index contributed by atoms with van der Waals surface area (Å²) in [5, 5.41) is 10.2. The zero-order chi connectivity index (χ0) is 20.9. The van der Waals surface area contributed by atoms with Gasteiger partial charge >= 0.3 is 0 Å². The van der Waals surface area contributed by atoms with Gasteiger partial charge in [-0.3, -0.25) is 9.89 Å². The number of aromatic amines is 1. The highest BCUT2D eigenvalue weighted by atomic mass is 32.2. The maximum atomic E-state index is 11.2. The minimum atomic E-state index is -0.0987. The first-order chi connectivity index (χ1) is 14.6. The van der Waals surface area contributed by atoms with Crippen LogP contribution in [0.4, 0.5) is 17.3 Å². The number of anilines is 3. The van der Waals surface area contributed by atoms with Crippen molar-refractivity contribution < 1.29 is 4.79 Å². The number of hydrogen-bond donors (Lipinski definition) is 2. The van der Waals surface area contributed by atoms with Crippen molar-refractivity contribution in [1.82, 2.24) is 20.2 Å². The molecule has 30 heavy (non-hydrogen) atoms. The Kier molecular flexibility index (Phi) is 5.76. The summed E-state index contributed by atoms with van der Waals surface area (Å²) in [7, 11) is 0. The molecule has 8 heteroatoms. The van der Waals surface area contributed by atoms with E-state index in [1.165, 1.54) is 18.9 Å². The first-order valence-electron chi connectivity index (χ1n) is 9.35. The summed E-state index contributed by atoms with van der Waals surface area (Å²) < 4.78 is 1.95. The van der Waals surface area contributed by atoms with Crippen molar-refractivity contribution in [3.63, 3.8) is 0 Å². The van der Waals surface area contributed by atoms with E-state index in [0.29, 0.717) is 11.6 Å². The Balaban J connectivity index is 1.67. The number of nitrogens with zero attached hydrogens (tertiary/aromatic N) is 4. The van der Waals surface area contributed by atoms with E-state index in [9.17, 15) is 4.79 Å². The molecule has 0 aliphatic heterocycles. The van der Waals surface area contributed by atoms with Gasteiger partial charge in [0, 0.05) is 47.1 Å². The normalized spacial score (nSPS) is 10.6. The summed E-state index contributed by atoms with van der Waals surface area (Å²) in [5.41, 5.74) is 2.65. The van der Waals surface area contributed by atoms with Gasteiger partial charge < -0.3 is 5.32 Å². The van der Waals surface area contributed by atoms with Crippen LogP contribution in [0.2, 0.25) is 0 Å². The van der Waals surface area contributed by atoms with Gasteiger partial charge in [0.25, 0.3) is 0 Å². The minimum Gasteiger partial charge on any atom is -0.326 e. The molecular weight excluding hydrogens is 396 g/mol. The molecule has 4 aromatic rings. The predicted molar refractivity (Wildman–Crippen MR) is 120 cm³/mol. The van der Waals surface area contributed by atoms with Crippen molar-refractivity contribution in [2.24, 2.45) is 0 Å². The Morgan fingerprint density at radius 1 is 1.03 bits per heavy atom. The van der Waals surface area contributed by atoms with Crippen molar-refractivity contribution in [3.05, 3.63) is 78.6 Å². The van der Waals surface area contributed by atoms with Crippen LogP contribution in [0, 0.1) is 6.92 Å². The molecule has 0 radical (unpaired) electrons. The molecule has 0 fully saturated rings.